The second-order valence-electron chi connectivity index (χ2n) is 5.89. The molecule has 0 aromatic carbocycles. The third kappa shape index (κ3) is 9.39. The average Bonchev–Trinajstić information content (AvgIpc) is 2.24. The van der Waals surface area contributed by atoms with E-state index in [0.717, 1.165) is 0 Å². The molecule has 1 rings (SSSR count). The smallest absolute Gasteiger partial charge is 0.167 e. The van der Waals surface area contributed by atoms with Crippen molar-refractivity contribution in [3.8, 4) is 0 Å². The summed E-state index contributed by atoms with van der Waals surface area (Å²) in [6, 6.07) is 0. The molecule has 1 saturated heterocycles. The number of hydrogen-bond acceptors (Lipinski definition) is 4. The topological polar surface area (TPSA) is 44.8 Å². The molecular weight excluding hydrogens is 283 g/mol. The van der Waals surface area contributed by atoms with Gasteiger partial charge in [0.1, 0.15) is 6.79 Å². The van der Waals surface area contributed by atoms with E-state index in [-0.39, 0.29) is 44.0 Å². The van der Waals surface area contributed by atoms with Crippen molar-refractivity contribution in [1.82, 2.24) is 0 Å². The first-order valence-corrected chi connectivity index (χ1v) is 5.82. The van der Waals surface area contributed by atoms with Crippen molar-refractivity contribution in [1.29, 1.82) is 0 Å². The fraction of sp³-hybridized carbons (Fsp3) is 0.714. The molecule has 0 aromatic rings. The van der Waals surface area contributed by atoms with Gasteiger partial charge in [-0.25, -0.2) is 0 Å². The normalized spacial score (nSPS) is 17.7. The molecule has 1 radical (unpaired) electrons. The Balaban J connectivity index is 0. The minimum absolute atomic E-state index is 0. The summed E-state index contributed by atoms with van der Waals surface area (Å²) < 4.78 is 15.5. The number of hydrogen-bond donors (Lipinski definition) is 0. The molecule has 1 aliphatic rings. The third-order valence-corrected chi connectivity index (χ3v) is 2.38. The van der Waals surface area contributed by atoms with Crippen LogP contribution in [0.5, 0.6) is 0 Å². The minimum atomic E-state index is -0.469. The van der Waals surface area contributed by atoms with Gasteiger partial charge in [-0.15, -0.1) is 0 Å². The largest absolute Gasteiger partial charge is 0.490 e. The first-order valence-electron chi connectivity index (χ1n) is 5.82. The van der Waals surface area contributed by atoms with Crippen LogP contribution in [0, 0.1) is 31.6 Å². The van der Waals surface area contributed by atoms with Crippen molar-refractivity contribution in [3.05, 3.63) is 20.8 Å². The quantitative estimate of drug-likeness (QED) is 0.591. The van der Waals surface area contributed by atoms with Gasteiger partial charge in [-0.3, -0.25) is 11.2 Å². The molecule has 0 saturated carbocycles. The molecular formula is C14H25O4V-3. The van der Waals surface area contributed by atoms with E-state index in [9.17, 15) is 4.79 Å². The summed E-state index contributed by atoms with van der Waals surface area (Å²) in [7, 11) is 0. The summed E-state index contributed by atoms with van der Waals surface area (Å²) in [5.41, 5.74) is -0.373. The van der Waals surface area contributed by atoms with Crippen LogP contribution in [0.15, 0.2) is 0 Å². The second-order valence-corrected chi connectivity index (χ2v) is 5.89. The van der Waals surface area contributed by atoms with Gasteiger partial charge in [-0.2, -0.15) is 6.42 Å². The molecule has 1 heterocycles. The van der Waals surface area contributed by atoms with Crippen LogP contribution in [-0.4, -0.2) is 32.6 Å². The summed E-state index contributed by atoms with van der Waals surface area (Å²) in [6.45, 7) is 11.6. The fourth-order valence-electron chi connectivity index (χ4n) is 1.37. The van der Waals surface area contributed by atoms with Crippen molar-refractivity contribution in [2.24, 2.45) is 10.8 Å². The van der Waals surface area contributed by atoms with Gasteiger partial charge in [-0.05, 0) is 0 Å². The maximum atomic E-state index is 11.5. The molecule has 0 aliphatic carbocycles. The van der Waals surface area contributed by atoms with Crippen molar-refractivity contribution in [2.45, 2.75) is 27.2 Å². The standard InChI is InChI=1S/C13H22O4.CH3.V/c1-12(2,3)6-5-11(14)17-9-13(4)7-15-10-16-8-13;;/h5H,4,6-10H2,1-3H3;1H3;/q-2;-1;. The number of carbonyl (C=O) groups is 1. The van der Waals surface area contributed by atoms with Gasteiger partial charge in [0.05, 0.1) is 6.61 Å². The van der Waals surface area contributed by atoms with Crippen molar-refractivity contribution in [2.75, 3.05) is 26.6 Å². The zero-order chi connectivity index (χ0) is 12.9. The predicted molar refractivity (Wildman–Crippen MR) is 70.3 cm³/mol. The van der Waals surface area contributed by atoms with Crippen LogP contribution >= 0.6 is 0 Å². The minimum Gasteiger partial charge on any atom is -0.490 e. The van der Waals surface area contributed by atoms with Gasteiger partial charge in [0.25, 0.3) is 0 Å². The van der Waals surface area contributed by atoms with E-state index in [0.29, 0.717) is 26.4 Å². The van der Waals surface area contributed by atoms with Crippen LogP contribution in [0.3, 0.4) is 0 Å². The van der Waals surface area contributed by atoms with Crippen molar-refractivity contribution in [3.63, 3.8) is 0 Å². The fourth-order valence-corrected chi connectivity index (χ4v) is 1.37. The summed E-state index contributed by atoms with van der Waals surface area (Å²) >= 11 is 0. The van der Waals surface area contributed by atoms with Gasteiger partial charge >= 0.3 is 0 Å². The summed E-state index contributed by atoms with van der Waals surface area (Å²) in [5.74, 6) is -0.298. The van der Waals surface area contributed by atoms with Gasteiger partial charge < -0.3 is 28.6 Å². The Kier molecular flexibility index (Phi) is 9.91. The van der Waals surface area contributed by atoms with Gasteiger partial charge in [0.2, 0.25) is 0 Å². The predicted octanol–water partition coefficient (Wildman–Crippen LogP) is 2.44. The Morgan fingerprint density at radius 2 is 1.89 bits per heavy atom. The second kappa shape index (κ2) is 8.91. The van der Waals surface area contributed by atoms with Crippen LogP contribution in [0.1, 0.15) is 27.2 Å². The number of ether oxygens (including phenoxy) is 3. The molecule has 0 spiro atoms. The molecule has 19 heavy (non-hydrogen) atoms. The van der Waals surface area contributed by atoms with Crippen LogP contribution in [0.2, 0.25) is 0 Å². The molecule has 0 aromatic heterocycles. The molecule has 1 fully saturated rings. The van der Waals surface area contributed by atoms with Crippen LogP contribution in [-0.2, 0) is 37.6 Å². The molecule has 0 N–H and O–H groups in total. The average molecular weight is 308 g/mol. The van der Waals surface area contributed by atoms with Crippen LogP contribution in [0.25, 0.3) is 0 Å². The number of rotatable bonds is 4. The van der Waals surface area contributed by atoms with E-state index in [2.05, 4.69) is 27.7 Å². The molecule has 113 valence electrons. The first kappa shape index (κ1) is 21.1. The Labute approximate surface area is 129 Å². The Bertz CT molecular complexity index is 255. The number of esters is 1. The zero-order valence-corrected chi connectivity index (χ0v) is 13.8. The van der Waals surface area contributed by atoms with Crippen LogP contribution < -0.4 is 0 Å². The van der Waals surface area contributed by atoms with E-state index in [4.69, 9.17) is 14.2 Å². The molecule has 0 amide bonds. The molecule has 0 atom stereocenters. The van der Waals surface area contributed by atoms with Gasteiger partial charge in [-0.1, -0.05) is 31.6 Å². The Morgan fingerprint density at radius 3 is 2.37 bits per heavy atom. The maximum absolute atomic E-state index is 11.5. The summed E-state index contributed by atoms with van der Waals surface area (Å²) in [5, 5.41) is 0. The van der Waals surface area contributed by atoms with Crippen LogP contribution in [0.4, 0.5) is 0 Å². The van der Waals surface area contributed by atoms with Gasteiger partial charge in [0, 0.05) is 31.8 Å². The van der Waals surface area contributed by atoms with E-state index in [1.165, 1.54) is 0 Å². The molecule has 0 bridgehead atoms. The molecule has 0 unspecified atom stereocenters. The molecule has 4 nitrogen and oxygen atoms in total. The molecule has 5 heteroatoms. The molecule has 1 aliphatic heterocycles. The van der Waals surface area contributed by atoms with E-state index < -0.39 is 5.41 Å². The SMILES string of the molecule is [CH2-]C1(COC(=O)[CH-]CC(C)(C)C)COCOC1.[CH3-].[V]. The van der Waals surface area contributed by atoms with E-state index >= 15 is 0 Å². The Morgan fingerprint density at radius 1 is 1.37 bits per heavy atom. The number of carbonyl (C=O) groups excluding carboxylic acids is 1. The van der Waals surface area contributed by atoms with Crippen molar-refractivity contribution >= 4 is 5.97 Å². The zero-order valence-electron chi connectivity index (χ0n) is 12.4. The monoisotopic (exact) mass is 308 g/mol. The van der Waals surface area contributed by atoms with Gasteiger partial charge in [0.15, 0.2) is 5.97 Å². The Hall–Kier alpha value is -0.156. The third-order valence-electron chi connectivity index (χ3n) is 2.38. The summed E-state index contributed by atoms with van der Waals surface area (Å²) in [4.78, 5) is 11.5. The summed E-state index contributed by atoms with van der Waals surface area (Å²) in [6.07, 6.45) is 2.27. The van der Waals surface area contributed by atoms with Crippen molar-refractivity contribution < 1.29 is 37.6 Å². The first-order chi connectivity index (χ1) is 7.81. The van der Waals surface area contributed by atoms with E-state index in [1.54, 1.807) is 6.42 Å². The van der Waals surface area contributed by atoms with E-state index in [1.807, 2.05) is 0 Å². The maximum Gasteiger partial charge on any atom is 0.167 e.